The van der Waals surface area contributed by atoms with Crippen molar-refractivity contribution in [1.29, 1.82) is 0 Å². The standard InChI is InChI=1S/C16H29NO4/c1-16(2,3)21-15(20)17-9-8-13(14(17)10-18)11-4-6-12(19)7-5-11/h11-14,18-19H,4-10H2,1-3H3/t11?,12?,13-,14+/m0/s1. The summed E-state index contributed by atoms with van der Waals surface area (Å²) in [5.41, 5.74) is -0.510. The van der Waals surface area contributed by atoms with Crippen LogP contribution in [0.5, 0.6) is 0 Å². The van der Waals surface area contributed by atoms with Crippen molar-refractivity contribution in [2.45, 2.75) is 70.6 Å². The predicted molar refractivity (Wildman–Crippen MR) is 79.9 cm³/mol. The maximum absolute atomic E-state index is 12.3. The van der Waals surface area contributed by atoms with Crippen LogP contribution in [0.3, 0.4) is 0 Å². The average molecular weight is 299 g/mol. The monoisotopic (exact) mass is 299 g/mol. The summed E-state index contributed by atoms with van der Waals surface area (Å²) in [6, 6.07) is -0.139. The highest BCUT2D eigenvalue weighted by molar-refractivity contribution is 5.69. The maximum atomic E-state index is 12.3. The molecule has 1 saturated heterocycles. The Morgan fingerprint density at radius 2 is 1.81 bits per heavy atom. The molecule has 1 heterocycles. The molecule has 1 aliphatic carbocycles. The van der Waals surface area contributed by atoms with Gasteiger partial charge in [-0.1, -0.05) is 0 Å². The Kier molecular flexibility index (Phi) is 5.15. The SMILES string of the molecule is CC(C)(C)OC(=O)N1CC[C@@H](C2CCC(O)CC2)[C@H]1CO. The fraction of sp³-hybridized carbons (Fsp3) is 0.938. The number of aliphatic hydroxyl groups excluding tert-OH is 2. The Labute approximate surface area is 127 Å². The normalized spacial score (nSPS) is 34.0. The molecule has 2 aliphatic rings. The molecule has 2 atom stereocenters. The molecule has 2 N–H and O–H groups in total. The molecular weight excluding hydrogens is 270 g/mol. The van der Waals surface area contributed by atoms with Crippen LogP contribution in [0.1, 0.15) is 52.9 Å². The number of hydrogen-bond acceptors (Lipinski definition) is 4. The number of likely N-dealkylation sites (tertiary alicyclic amines) is 1. The van der Waals surface area contributed by atoms with Gasteiger partial charge in [-0.15, -0.1) is 0 Å². The summed E-state index contributed by atoms with van der Waals surface area (Å²) in [7, 11) is 0. The zero-order valence-corrected chi connectivity index (χ0v) is 13.4. The summed E-state index contributed by atoms with van der Waals surface area (Å²) in [6.45, 7) is 6.21. The first-order valence-corrected chi connectivity index (χ1v) is 8.10. The van der Waals surface area contributed by atoms with E-state index >= 15 is 0 Å². The van der Waals surface area contributed by atoms with Crippen LogP contribution in [0.2, 0.25) is 0 Å². The van der Waals surface area contributed by atoms with E-state index in [4.69, 9.17) is 4.74 Å². The molecule has 21 heavy (non-hydrogen) atoms. The topological polar surface area (TPSA) is 70.0 Å². The molecule has 0 unspecified atom stereocenters. The van der Waals surface area contributed by atoms with Gasteiger partial charge in [-0.05, 0) is 64.7 Å². The third kappa shape index (κ3) is 4.10. The molecule has 0 spiro atoms. The van der Waals surface area contributed by atoms with Crippen molar-refractivity contribution in [2.24, 2.45) is 11.8 Å². The first-order chi connectivity index (χ1) is 9.81. The summed E-state index contributed by atoms with van der Waals surface area (Å²) >= 11 is 0. The molecule has 5 heteroatoms. The van der Waals surface area contributed by atoms with Crippen molar-refractivity contribution < 1.29 is 19.7 Å². The van der Waals surface area contributed by atoms with Gasteiger partial charge < -0.3 is 19.8 Å². The van der Waals surface area contributed by atoms with E-state index in [1.165, 1.54) is 0 Å². The molecule has 0 aromatic carbocycles. The van der Waals surface area contributed by atoms with Gasteiger partial charge in [-0.3, -0.25) is 0 Å². The van der Waals surface area contributed by atoms with Gasteiger partial charge in [0.25, 0.3) is 0 Å². The molecule has 1 amide bonds. The Hall–Kier alpha value is -0.810. The molecule has 122 valence electrons. The minimum Gasteiger partial charge on any atom is -0.444 e. The Morgan fingerprint density at radius 1 is 1.19 bits per heavy atom. The number of amides is 1. The Balaban J connectivity index is 1.98. The zero-order valence-electron chi connectivity index (χ0n) is 13.4. The number of carbonyl (C=O) groups is 1. The van der Waals surface area contributed by atoms with E-state index in [0.29, 0.717) is 18.4 Å². The molecule has 5 nitrogen and oxygen atoms in total. The summed E-state index contributed by atoms with van der Waals surface area (Å²) < 4.78 is 5.44. The van der Waals surface area contributed by atoms with E-state index in [-0.39, 0.29) is 24.8 Å². The number of nitrogens with zero attached hydrogens (tertiary/aromatic N) is 1. The molecule has 1 saturated carbocycles. The van der Waals surface area contributed by atoms with Gasteiger partial charge in [-0.25, -0.2) is 4.79 Å². The summed E-state index contributed by atoms with van der Waals surface area (Å²) in [5, 5.41) is 19.4. The van der Waals surface area contributed by atoms with Crippen LogP contribution in [0.15, 0.2) is 0 Å². The van der Waals surface area contributed by atoms with Crippen molar-refractivity contribution in [3.05, 3.63) is 0 Å². The quantitative estimate of drug-likeness (QED) is 0.820. The van der Waals surface area contributed by atoms with Gasteiger partial charge in [0.2, 0.25) is 0 Å². The van der Waals surface area contributed by atoms with Crippen molar-refractivity contribution in [3.63, 3.8) is 0 Å². The van der Waals surface area contributed by atoms with Gasteiger partial charge in [-0.2, -0.15) is 0 Å². The highest BCUT2D eigenvalue weighted by Gasteiger charge is 2.42. The Morgan fingerprint density at radius 3 is 2.33 bits per heavy atom. The first-order valence-electron chi connectivity index (χ1n) is 8.10. The number of aliphatic hydroxyl groups is 2. The lowest BCUT2D eigenvalue weighted by atomic mass is 9.76. The van der Waals surface area contributed by atoms with Crippen molar-refractivity contribution in [3.8, 4) is 0 Å². The number of carbonyl (C=O) groups excluding carboxylic acids is 1. The van der Waals surface area contributed by atoms with Crippen LogP contribution in [0.25, 0.3) is 0 Å². The van der Waals surface area contributed by atoms with Crippen molar-refractivity contribution >= 4 is 6.09 Å². The van der Waals surface area contributed by atoms with Crippen LogP contribution in [0.4, 0.5) is 4.79 Å². The molecule has 0 aromatic rings. The highest BCUT2D eigenvalue weighted by atomic mass is 16.6. The van der Waals surface area contributed by atoms with Crippen LogP contribution in [-0.2, 0) is 4.74 Å². The second-order valence-corrected chi connectivity index (χ2v) is 7.44. The number of hydrogen-bond donors (Lipinski definition) is 2. The molecule has 2 rings (SSSR count). The third-order valence-corrected chi connectivity index (χ3v) is 4.76. The van der Waals surface area contributed by atoms with Crippen LogP contribution >= 0.6 is 0 Å². The zero-order chi connectivity index (χ0) is 15.6. The fourth-order valence-corrected chi connectivity index (χ4v) is 3.74. The van der Waals surface area contributed by atoms with E-state index < -0.39 is 5.60 Å². The van der Waals surface area contributed by atoms with E-state index in [1.807, 2.05) is 20.8 Å². The number of ether oxygens (including phenoxy) is 1. The van der Waals surface area contributed by atoms with E-state index in [1.54, 1.807) is 4.90 Å². The molecule has 0 radical (unpaired) electrons. The highest BCUT2D eigenvalue weighted by Crippen LogP contribution is 2.39. The smallest absolute Gasteiger partial charge is 0.410 e. The second kappa shape index (κ2) is 6.53. The van der Waals surface area contributed by atoms with Gasteiger partial charge in [0.1, 0.15) is 5.60 Å². The lowest BCUT2D eigenvalue weighted by Crippen LogP contribution is -2.44. The van der Waals surface area contributed by atoms with Gasteiger partial charge in [0, 0.05) is 6.54 Å². The second-order valence-electron chi connectivity index (χ2n) is 7.44. The lowest BCUT2D eigenvalue weighted by molar-refractivity contribution is 0.00922. The van der Waals surface area contributed by atoms with E-state index in [2.05, 4.69) is 0 Å². The molecule has 2 fully saturated rings. The van der Waals surface area contributed by atoms with Gasteiger partial charge in [0.15, 0.2) is 0 Å². The van der Waals surface area contributed by atoms with Crippen molar-refractivity contribution in [1.82, 2.24) is 4.90 Å². The largest absolute Gasteiger partial charge is 0.444 e. The van der Waals surface area contributed by atoms with Gasteiger partial charge >= 0.3 is 6.09 Å². The molecule has 0 bridgehead atoms. The predicted octanol–water partition coefficient (Wildman–Crippen LogP) is 2.16. The van der Waals surface area contributed by atoms with Crippen LogP contribution in [-0.4, -0.2) is 52.1 Å². The summed E-state index contributed by atoms with van der Waals surface area (Å²) in [5.74, 6) is 0.827. The Bertz CT molecular complexity index is 358. The van der Waals surface area contributed by atoms with Gasteiger partial charge in [0.05, 0.1) is 18.8 Å². The average Bonchev–Trinajstić information content (AvgIpc) is 2.81. The molecule has 0 aromatic heterocycles. The molecular formula is C16H29NO4. The summed E-state index contributed by atoms with van der Waals surface area (Å²) in [4.78, 5) is 14.0. The van der Waals surface area contributed by atoms with E-state index in [9.17, 15) is 15.0 Å². The fourth-order valence-electron chi connectivity index (χ4n) is 3.74. The van der Waals surface area contributed by atoms with Crippen LogP contribution < -0.4 is 0 Å². The minimum atomic E-state index is -0.510. The maximum Gasteiger partial charge on any atom is 0.410 e. The lowest BCUT2D eigenvalue weighted by Gasteiger charge is -2.35. The van der Waals surface area contributed by atoms with Crippen molar-refractivity contribution in [2.75, 3.05) is 13.2 Å². The van der Waals surface area contributed by atoms with Crippen LogP contribution in [0, 0.1) is 11.8 Å². The minimum absolute atomic E-state index is 0.0109. The third-order valence-electron chi connectivity index (χ3n) is 4.76. The molecule has 1 aliphatic heterocycles. The first kappa shape index (κ1) is 16.6. The number of rotatable bonds is 2. The summed E-state index contributed by atoms with van der Waals surface area (Å²) in [6.07, 6.45) is 4.09. The van der Waals surface area contributed by atoms with E-state index in [0.717, 1.165) is 32.1 Å².